The summed E-state index contributed by atoms with van der Waals surface area (Å²) >= 11 is 0. The number of pyridine rings is 1. The van der Waals surface area contributed by atoms with Crippen LogP contribution in [-0.4, -0.2) is 18.1 Å². The molecule has 0 atom stereocenters. The Morgan fingerprint density at radius 1 is 1.17 bits per heavy atom. The van der Waals surface area contributed by atoms with Crippen LogP contribution in [0.2, 0.25) is 0 Å². The fraction of sp³-hybridized carbons (Fsp3) is 0.143. The first-order valence-corrected chi connectivity index (χ1v) is 5.60. The Morgan fingerprint density at radius 3 is 2.50 bits per heavy atom. The van der Waals surface area contributed by atoms with E-state index in [1.165, 1.54) is 11.1 Å². The van der Waals surface area contributed by atoms with E-state index in [0.717, 1.165) is 11.4 Å². The van der Waals surface area contributed by atoms with E-state index in [-0.39, 0.29) is 0 Å². The molecule has 0 fully saturated rings. The molecule has 0 saturated heterocycles. The van der Waals surface area contributed by atoms with Gasteiger partial charge in [0.2, 0.25) is 0 Å². The van der Waals surface area contributed by atoms with Crippen LogP contribution in [0.25, 0.3) is 0 Å². The van der Waals surface area contributed by atoms with Crippen LogP contribution in [0.3, 0.4) is 0 Å². The Hall–Kier alpha value is -2.36. The number of hydrogen-bond donors (Lipinski definition) is 0. The van der Waals surface area contributed by atoms with E-state index in [2.05, 4.69) is 4.98 Å². The number of ether oxygens (including phenoxy) is 1. The van der Waals surface area contributed by atoms with Gasteiger partial charge in [-0.3, -0.25) is 9.88 Å². The molecule has 92 valence electrons. The number of aryl methyl sites for hydroxylation is 1. The quantitative estimate of drug-likeness (QED) is 0.812. The maximum atomic E-state index is 11.9. The Balaban J connectivity index is 2.06. The molecule has 0 aliphatic heterocycles. The normalized spacial score (nSPS) is 9.89. The molecule has 0 bridgehead atoms. The average Bonchev–Trinajstić information content (AvgIpc) is 2.41. The Labute approximate surface area is 106 Å². The predicted octanol–water partition coefficient (Wildman–Crippen LogP) is 3.03. The molecular weight excluding hydrogens is 228 g/mol. The van der Waals surface area contributed by atoms with Gasteiger partial charge in [0.25, 0.3) is 0 Å². The van der Waals surface area contributed by atoms with Gasteiger partial charge >= 0.3 is 6.09 Å². The van der Waals surface area contributed by atoms with E-state index in [4.69, 9.17) is 4.74 Å². The summed E-state index contributed by atoms with van der Waals surface area (Å²) in [6.45, 7) is 1.88. The topological polar surface area (TPSA) is 42.4 Å². The highest BCUT2D eigenvalue weighted by Gasteiger charge is 2.12. The molecule has 1 aromatic heterocycles. The molecule has 1 amide bonds. The highest BCUT2D eigenvalue weighted by atomic mass is 16.6. The van der Waals surface area contributed by atoms with Gasteiger partial charge in [0.05, 0.1) is 6.20 Å². The summed E-state index contributed by atoms with van der Waals surface area (Å²) in [6, 6.07) is 12.8. The minimum Gasteiger partial charge on any atom is -0.408 e. The molecular formula is C14H14N2O2. The second-order valence-corrected chi connectivity index (χ2v) is 3.90. The highest BCUT2D eigenvalue weighted by Crippen LogP contribution is 2.15. The van der Waals surface area contributed by atoms with Gasteiger partial charge in [-0.05, 0) is 31.2 Å². The SMILES string of the molecule is Cc1ccc(OC(=O)N(C)c2ccccc2)cn1. The second kappa shape index (κ2) is 5.31. The Morgan fingerprint density at radius 2 is 1.89 bits per heavy atom. The third-order valence-corrected chi connectivity index (χ3v) is 2.51. The minimum atomic E-state index is -0.438. The van der Waals surface area contributed by atoms with E-state index in [0.29, 0.717) is 5.75 Å². The highest BCUT2D eigenvalue weighted by molar-refractivity contribution is 5.88. The summed E-state index contributed by atoms with van der Waals surface area (Å²) in [5.41, 5.74) is 1.66. The molecule has 1 aromatic carbocycles. The number of amides is 1. The van der Waals surface area contributed by atoms with Crippen LogP contribution in [0.4, 0.5) is 10.5 Å². The number of benzene rings is 1. The van der Waals surface area contributed by atoms with Gasteiger partial charge in [-0.25, -0.2) is 4.79 Å². The van der Waals surface area contributed by atoms with Gasteiger partial charge in [-0.2, -0.15) is 0 Å². The van der Waals surface area contributed by atoms with Gasteiger partial charge in [0, 0.05) is 18.4 Å². The number of anilines is 1. The largest absolute Gasteiger partial charge is 0.419 e. The number of rotatable bonds is 2. The zero-order valence-corrected chi connectivity index (χ0v) is 10.3. The third kappa shape index (κ3) is 2.85. The molecule has 18 heavy (non-hydrogen) atoms. The van der Waals surface area contributed by atoms with Gasteiger partial charge in [0.15, 0.2) is 5.75 Å². The van der Waals surface area contributed by atoms with Crippen molar-refractivity contribution in [3.05, 3.63) is 54.4 Å². The molecule has 1 heterocycles. The van der Waals surface area contributed by atoms with Crippen molar-refractivity contribution in [1.82, 2.24) is 4.98 Å². The summed E-state index contributed by atoms with van der Waals surface area (Å²) in [7, 11) is 1.67. The number of carbonyl (C=O) groups is 1. The lowest BCUT2D eigenvalue weighted by molar-refractivity contribution is 0.209. The van der Waals surface area contributed by atoms with Crippen LogP contribution in [0.15, 0.2) is 48.7 Å². The maximum Gasteiger partial charge on any atom is 0.419 e. The van der Waals surface area contributed by atoms with E-state index < -0.39 is 6.09 Å². The standard InChI is InChI=1S/C14H14N2O2/c1-11-8-9-13(10-15-11)18-14(17)16(2)12-6-4-3-5-7-12/h3-10H,1-2H3. The third-order valence-electron chi connectivity index (χ3n) is 2.51. The van der Waals surface area contributed by atoms with Crippen molar-refractivity contribution < 1.29 is 9.53 Å². The molecule has 0 unspecified atom stereocenters. The molecule has 4 heteroatoms. The van der Waals surface area contributed by atoms with Crippen molar-refractivity contribution in [2.45, 2.75) is 6.92 Å². The zero-order valence-electron chi connectivity index (χ0n) is 10.3. The van der Waals surface area contributed by atoms with E-state index >= 15 is 0 Å². The van der Waals surface area contributed by atoms with Crippen molar-refractivity contribution in [3.8, 4) is 5.75 Å². The van der Waals surface area contributed by atoms with E-state index in [1.54, 1.807) is 19.2 Å². The van der Waals surface area contributed by atoms with E-state index in [9.17, 15) is 4.79 Å². The number of para-hydroxylation sites is 1. The fourth-order valence-electron chi connectivity index (χ4n) is 1.44. The lowest BCUT2D eigenvalue weighted by Gasteiger charge is -2.16. The first kappa shape index (κ1) is 12.1. The first-order valence-electron chi connectivity index (χ1n) is 5.60. The molecule has 0 spiro atoms. The van der Waals surface area contributed by atoms with Crippen LogP contribution < -0.4 is 9.64 Å². The van der Waals surface area contributed by atoms with Crippen LogP contribution >= 0.6 is 0 Å². The molecule has 0 saturated carbocycles. The maximum absolute atomic E-state index is 11.9. The summed E-state index contributed by atoms with van der Waals surface area (Å²) in [5.74, 6) is 0.438. The van der Waals surface area contributed by atoms with Crippen LogP contribution in [0, 0.1) is 6.92 Å². The minimum absolute atomic E-state index is 0.438. The molecule has 2 rings (SSSR count). The summed E-state index contributed by atoms with van der Waals surface area (Å²) in [4.78, 5) is 17.4. The summed E-state index contributed by atoms with van der Waals surface area (Å²) < 4.78 is 5.21. The van der Waals surface area contributed by atoms with Crippen molar-refractivity contribution in [3.63, 3.8) is 0 Å². The first-order chi connectivity index (χ1) is 8.66. The van der Waals surface area contributed by atoms with Crippen molar-refractivity contribution >= 4 is 11.8 Å². The molecule has 2 aromatic rings. The summed E-state index contributed by atoms with van der Waals surface area (Å²) in [6.07, 6.45) is 1.10. The number of hydrogen-bond acceptors (Lipinski definition) is 3. The van der Waals surface area contributed by atoms with Gasteiger partial charge in [0.1, 0.15) is 0 Å². The van der Waals surface area contributed by atoms with Crippen LogP contribution in [0.5, 0.6) is 5.75 Å². The average molecular weight is 242 g/mol. The number of nitrogens with zero attached hydrogens (tertiary/aromatic N) is 2. The molecule has 0 N–H and O–H groups in total. The Bertz CT molecular complexity index is 523. The molecule has 4 nitrogen and oxygen atoms in total. The molecule has 0 aliphatic rings. The number of aromatic nitrogens is 1. The van der Waals surface area contributed by atoms with Crippen molar-refractivity contribution in [2.75, 3.05) is 11.9 Å². The number of carbonyl (C=O) groups excluding carboxylic acids is 1. The van der Waals surface area contributed by atoms with Crippen molar-refractivity contribution in [2.24, 2.45) is 0 Å². The molecule has 0 radical (unpaired) electrons. The monoisotopic (exact) mass is 242 g/mol. The predicted molar refractivity (Wildman–Crippen MR) is 69.8 cm³/mol. The Kier molecular flexibility index (Phi) is 3.57. The van der Waals surface area contributed by atoms with Gasteiger partial charge in [-0.15, -0.1) is 0 Å². The van der Waals surface area contributed by atoms with Crippen LogP contribution in [0.1, 0.15) is 5.69 Å². The zero-order chi connectivity index (χ0) is 13.0. The van der Waals surface area contributed by atoms with Crippen LogP contribution in [-0.2, 0) is 0 Å². The van der Waals surface area contributed by atoms with Gasteiger partial charge in [-0.1, -0.05) is 18.2 Å². The molecule has 0 aliphatic carbocycles. The van der Waals surface area contributed by atoms with Crippen molar-refractivity contribution in [1.29, 1.82) is 0 Å². The lowest BCUT2D eigenvalue weighted by Crippen LogP contribution is -2.29. The van der Waals surface area contributed by atoms with E-state index in [1.807, 2.05) is 37.3 Å². The second-order valence-electron chi connectivity index (χ2n) is 3.90. The summed E-state index contributed by atoms with van der Waals surface area (Å²) in [5, 5.41) is 0. The smallest absolute Gasteiger partial charge is 0.408 e. The van der Waals surface area contributed by atoms with Gasteiger partial charge < -0.3 is 4.74 Å². The fourth-order valence-corrected chi connectivity index (χ4v) is 1.44. The lowest BCUT2D eigenvalue weighted by atomic mass is 10.3.